The molecule has 0 aliphatic heterocycles. The average Bonchev–Trinajstić information content (AvgIpc) is 3.95. The minimum Gasteiger partial charge on any atom is -0.307 e. The molecule has 6 heterocycles. The fourth-order valence-electron chi connectivity index (χ4n) is 10.4. The van der Waals surface area contributed by atoms with Crippen LogP contribution in [-0.4, -0.2) is 68.9 Å². The maximum absolute atomic E-state index is 14.8. The lowest BCUT2D eigenvalue weighted by Crippen LogP contribution is -2.08. The van der Waals surface area contributed by atoms with Crippen LogP contribution in [0.3, 0.4) is 0 Å². The van der Waals surface area contributed by atoms with E-state index in [0.29, 0.717) is 126 Å². The van der Waals surface area contributed by atoms with Crippen molar-refractivity contribution < 1.29 is 13.2 Å². The maximum Gasteiger partial charge on any atom is 0.416 e. The van der Waals surface area contributed by atoms with E-state index in [1.165, 1.54) is 6.07 Å². The molecule has 12 rings (SSSR count). The first-order valence-electron chi connectivity index (χ1n) is 24.6. The Morgan fingerprint density at radius 2 is 0.679 bits per heavy atom. The number of aryl methyl sites for hydroxylation is 8. The van der Waals surface area contributed by atoms with Crippen LogP contribution in [0, 0.1) is 78.1 Å². The topological polar surface area (TPSA) is 212 Å². The van der Waals surface area contributed by atoms with Gasteiger partial charge in [-0.3, -0.25) is 0 Å². The molecule has 0 spiro atoms. The van der Waals surface area contributed by atoms with E-state index in [1.54, 1.807) is 67.5 Å². The van der Waals surface area contributed by atoms with Crippen LogP contribution in [-0.2, 0) is 6.18 Å². The molecule has 0 aliphatic rings. The molecule has 0 N–H and O–H groups in total. The molecule has 0 fully saturated rings. The summed E-state index contributed by atoms with van der Waals surface area (Å²) < 4.78 is 48.5. The van der Waals surface area contributed by atoms with Gasteiger partial charge in [0.05, 0.1) is 62.3 Å². The Kier molecular flexibility index (Phi) is 11.4. The van der Waals surface area contributed by atoms with Gasteiger partial charge in [-0.1, -0.05) is 48.5 Å². The lowest BCUT2D eigenvalue weighted by Gasteiger charge is -2.20. The van der Waals surface area contributed by atoms with E-state index in [0.717, 1.165) is 33.7 Å². The second kappa shape index (κ2) is 18.2. The standard InChI is InChI=1S/C59H41F3N16/c1-28-65-29(2)70-55(69-28)37-9-13-44-45-14-10-38(56-71-30(3)66-31(4)72-56)21-50(45)77(49(44)20-37)53-24-42(27-64)48(41-17-36(26-63)18-43(19-41)59(60,61)62)25-54(53)78-51-22-39(57-73-32(5)67-33(6)74-57)11-15-46(51)47-16-12-40(23-52(47)78)58-75-34(7)68-35(8)76-58/h9-25H,1-8H3. The molecule has 0 unspecified atom stereocenters. The maximum atomic E-state index is 14.8. The van der Waals surface area contributed by atoms with E-state index in [-0.39, 0.29) is 22.3 Å². The third-order valence-corrected chi connectivity index (χ3v) is 13.4. The molecule has 6 aromatic heterocycles. The molecular formula is C59H41F3N16. The van der Waals surface area contributed by atoms with E-state index >= 15 is 0 Å². The third kappa shape index (κ3) is 8.53. The molecule has 0 saturated heterocycles. The van der Waals surface area contributed by atoms with Crippen molar-refractivity contribution >= 4 is 43.6 Å². The molecule has 0 atom stereocenters. The molecule has 78 heavy (non-hydrogen) atoms. The lowest BCUT2D eigenvalue weighted by atomic mass is 9.94. The second-order valence-electron chi connectivity index (χ2n) is 19.0. The van der Waals surface area contributed by atoms with Crippen molar-refractivity contribution in [1.29, 1.82) is 10.5 Å². The number of fused-ring (bicyclic) bond motifs is 6. The second-order valence-corrected chi connectivity index (χ2v) is 19.0. The van der Waals surface area contributed by atoms with Gasteiger partial charge in [0, 0.05) is 49.4 Å². The third-order valence-electron chi connectivity index (χ3n) is 13.4. The summed E-state index contributed by atoms with van der Waals surface area (Å²) >= 11 is 0. The van der Waals surface area contributed by atoms with Gasteiger partial charge in [0.15, 0.2) is 23.3 Å². The first-order valence-corrected chi connectivity index (χ1v) is 24.6. The fraction of sp³-hybridized carbons (Fsp3) is 0.153. The van der Waals surface area contributed by atoms with Gasteiger partial charge in [0.2, 0.25) is 0 Å². The van der Waals surface area contributed by atoms with Crippen molar-refractivity contribution in [1.82, 2.24) is 68.9 Å². The summed E-state index contributed by atoms with van der Waals surface area (Å²) in [5.74, 6) is 5.98. The molecule has 0 amide bonds. The number of rotatable bonds is 7. The molecule has 16 nitrogen and oxygen atoms in total. The Morgan fingerprint density at radius 3 is 0.974 bits per heavy atom. The molecular weight excluding hydrogens is 990 g/mol. The van der Waals surface area contributed by atoms with Gasteiger partial charge in [-0.05, 0) is 116 Å². The summed E-state index contributed by atoms with van der Waals surface area (Å²) in [6.45, 7) is 14.4. The normalized spacial score (nSPS) is 11.8. The van der Waals surface area contributed by atoms with E-state index < -0.39 is 11.7 Å². The summed E-state index contributed by atoms with van der Waals surface area (Å²) in [7, 11) is 0. The summed E-state index contributed by atoms with van der Waals surface area (Å²) in [5.41, 5.74) is 5.13. The molecule has 0 saturated carbocycles. The van der Waals surface area contributed by atoms with Crippen molar-refractivity contribution in [3.05, 3.63) is 166 Å². The van der Waals surface area contributed by atoms with E-state index in [2.05, 4.69) is 26.0 Å². The molecule has 0 radical (unpaired) electrons. The van der Waals surface area contributed by atoms with E-state index in [9.17, 15) is 23.7 Å². The molecule has 6 aromatic carbocycles. The first-order chi connectivity index (χ1) is 37.4. The highest BCUT2D eigenvalue weighted by atomic mass is 19.4. The molecule has 19 heteroatoms. The molecule has 378 valence electrons. The number of alkyl halides is 3. The SMILES string of the molecule is Cc1nc(C)nc(-c2ccc3c4ccc(-c5nc(C)nc(C)n5)cc4n(-c4cc(C#N)c(-c5cc(C#N)cc(C(F)(F)F)c5)cc4-n4c5cc(-c6nc(C)nc(C)n6)ccc5c5ccc(-c6nc(C)nc(C)n6)cc54)c3c2)n1. The minimum absolute atomic E-state index is 0.00749. The van der Waals surface area contributed by atoms with Crippen LogP contribution in [0.4, 0.5) is 13.2 Å². The Balaban J connectivity index is 1.28. The summed E-state index contributed by atoms with van der Waals surface area (Å²) in [6, 6.07) is 34.4. The number of hydrogen-bond acceptors (Lipinski definition) is 14. The summed E-state index contributed by atoms with van der Waals surface area (Å²) in [5, 5.41) is 24.7. The predicted octanol–water partition coefficient (Wildman–Crippen LogP) is 12.2. The number of aromatic nitrogens is 14. The number of nitrogens with zero attached hydrogens (tertiary/aromatic N) is 16. The van der Waals surface area contributed by atoms with Crippen LogP contribution < -0.4 is 0 Å². The van der Waals surface area contributed by atoms with E-state index in [1.807, 2.05) is 88.0 Å². The van der Waals surface area contributed by atoms with Crippen LogP contribution in [0.2, 0.25) is 0 Å². The van der Waals surface area contributed by atoms with E-state index in [4.69, 9.17) is 39.9 Å². The zero-order valence-corrected chi connectivity index (χ0v) is 43.1. The largest absolute Gasteiger partial charge is 0.416 e. The highest BCUT2D eigenvalue weighted by Gasteiger charge is 2.32. The van der Waals surface area contributed by atoms with Crippen LogP contribution >= 0.6 is 0 Å². The number of benzene rings is 6. The molecule has 0 bridgehead atoms. The monoisotopic (exact) mass is 1030 g/mol. The number of hydrogen-bond donors (Lipinski definition) is 0. The van der Waals surface area contributed by atoms with Gasteiger partial charge in [-0.25, -0.2) is 59.8 Å². The van der Waals surface area contributed by atoms with Crippen molar-refractivity contribution in [2.24, 2.45) is 0 Å². The highest BCUT2D eigenvalue weighted by molar-refractivity contribution is 6.13. The van der Waals surface area contributed by atoms with Gasteiger partial charge in [0.1, 0.15) is 46.6 Å². The predicted molar refractivity (Wildman–Crippen MR) is 288 cm³/mol. The van der Waals surface area contributed by atoms with Gasteiger partial charge < -0.3 is 9.13 Å². The van der Waals surface area contributed by atoms with Gasteiger partial charge >= 0.3 is 6.18 Å². The first kappa shape index (κ1) is 48.7. The van der Waals surface area contributed by atoms with Gasteiger partial charge in [-0.2, -0.15) is 23.7 Å². The van der Waals surface area contributed by atoms with Crippen LogP contribution in [0.15, 0.2) is 103 Å². The zero-order valence-electron chi connectivity index (χ0n) is 43.1. The Labute approximate surface area is 442 Å². The Bertz CT molecular complexity index is 4340. The van der Waals surface area contributed by atoms with Crippen LogP contribution in [0.25, 0.3) is 112 Å². The van der Waals surface area contributed by atoms with Crippen molar-refractivity contribution in [3.8, 4) is 80.2 Å². The number of halogens is 3. The summed E-state index contributed by atoms with van der Waals surface area (Å²) in [6.07, 6.45) is -4.82. The smallest absolute Gasteiger partial charge is 0.307 e. The molecule has 12 aromatic rings. The van der Waals surface area contributed by atoms with Crippen molar-refractivity contribution in [2.45, 2.75) is 61.6 Å². The lowest BCUT2D eigenvalue weighted by molar-refractivity contribution is -0.137. The average molecular weight is 1030 g/mol. The summed E-state index contributed by atoms with van der Waals surface area (Å²) in [4.78, 5) is 55.6. The zero-order chi connectivity index (χ0) is 54.5. The van der Waals surface area contributed by atoms with Gasteiger partial charge in [0.25, 0.3) is 0 Å². The fourth-order valence-corrected chi connectivity index (χ4v) is 10.4. The highest BCUT2D eigenvalue weighted by Crippen LogP contribution is 2.44. The Morgan fingerprint density at radius 1 is 0.359 bits per heavy atom. The Hall–Kier alpha value is -10.3. The van der Waals surface area contributed by atoms with Gasteiger partial charge in [-0.15, -0.1) is 0 Å². The number of nitriles is 2. The molecule has 0 aliphatic carbocycles. The quantitative estimate of drug-likeness (QED) is 0.145. The van der Waals surface area contributed by atoms with Crippen LogP contribution in [0.1, 0.15) is 63.3 Å². The van der Waals surface area contributed by atoms with Crippen molar-refractivity contribution in [2.75, 3.05) is 0 Å². The minimum atomic E-state index is -4.82. The van der Waals surface area contributed by atoms with Crippen LogP contribution in [0.5, 0.6) is 0 Å². The van der Waals surface area contributed by atoms with Crippen molar-refractivity contribution in [3.63, 3.8) is 0 Å².